The van der Waals surface area contributed by atoms with Crippen LogP contribution in [0.5, 0.6) is 0 Å². The van der Waals surface area contributed by atoms with Gasteiger partial charge in [-0.1, -0.05) is 15.9 Å². The normalized spacial score (nSPS) is 12.7. The minimum absolute atomic E-state index is 0.194. The summed E-state index contributed by atoms with van der Waals surface area (Å²) < 4.78 is 19.0. The molecule has 96 valence electrons. The van der Waals surface area contributed by atoms with Gasteiger partial charge in [-0.05, 0) is 30.2 Å². The molecule has 0 saturated carbocycles. The van der Waals surface area contributed by atoms with Crippen molar-refractivity contribution < 1.29 is 9.13 Å². The van der Waals surface area contributed by atoms with Crippen LogP contribution in [0.2, 0.25) is 0 Å². The second kappa shape index (κ2) is 8.03. The summed E-state index contributed by atoms with van der Waals surface area (Å²) in [5, 5.41) is 3.30. The monoisotopic (exact) mass is 323 g/mol. The lowest BCUT2D eigenvalue weighted by Crippen LogP contribution is -2.33. The van der Waals surface area contributed by atoms with Gasteiger partial charge in [-0.15, -0.1) is 11.6 Å². The highest BCUT2D eigenvalue weighted by molar-refractivity contribution is 9.10. The molecule has 0 aliphatic heterocycles. The molecule has 0 fully saturated rings. The van der Waals surface area contributed by atoms with Crippen LogP contribution in [-0.4, -0.2) is 25.6 Å². The molecule has 5 heteroatoms. The van der Waals surface area contributed by atoms with Gasteiger partial charge in [-0.2, -0.15) is 0 Å². The van der Waals surface area contributed by atoms with E-state index < -0.39 is 0 Å². The molecule has 1 unspecified atom stereocenters. The number of alkyl halides is 1. The van der Waals surface area contributed by atoms with E-state index in [1.165, 1.54) is 12.1 Å². The van der Waals surface area contributed by atoms with Crippen molar-refractivity contribution in [2.24, 2.45) is 0 Å². The molecule has 1 aromatic carbocycles. The number of rotatable bonds is 7. The molecular formula is C12H16BrClFNO. The molecule has 0 aliphatic carbocycles. The van der Waals surface area contributed by atoms with Gasteiger partial charge in [0.15, 0.2) is 0 Å². The first-order valence-electron chi connectivity index (χ1n) is 5.39. The zero-order chi connectivity index (χ0) is 12.7. The van der Waals surface area contributed by atoms with E-state index in [0.29, 0.717) is 19.0 Å². The zero-order valence-electron chi connectivity index (χ0n) is 9.68. The van der Waals surface area contributed by atoms with Crippen molar-refractivity contribution in [1.29, 1.82) is 0 Å². The van der Waals surface area contributed by atoms with Crippen molar-refractivity contribution in [3.8, 4) is 0 Å². The first kappa shape index (κ1) is 14.9. The van der Waals surface area contributed by atoms with Crippen molar-refractivity contribution in [1.82, 2.24) is 5.32 Å². The molecule has 1 rings (SSSR count). The second-order valence-electron chi connectivity index (χ2n) is 3.79. The lowest BCUT2D eigenvalue weighted by molar-refractivity contribution is 0.164. The summed E-state index contributed by atoms with van der Waals surface area (Å²) in [4.78, 5) is 0. The Morgan fingerprint density at radius 2 is 2.24 bits per heavy atom. The van der Waals surface area contributed by atoms with Crippen LogP contribution in [0.15, 0.2) is 22.7 Å². The van der Waals surface area contributed by atoms with Gasteiger partial charge in [-0.3, -0.25) is 0 Å². The number of ether oxygens (including phenoxy) is 1. The average molecular weight is 325 g/mol. The number of hydrogen-bond donors (Lipinski definition) is 1. The molecule has 0 heterocycles. The molecule has 0 saturated heterocycles. The molecule has 1 aromatic rings. The first-order valence-corrected chi connectivity index (χ1v) is 6.71. The standard InChI is InChI=1S/C12H16BrClFNO/c1-17-8-12(2-3-14)16-7-9-4-10(13)6-11(15)5-9/h4-6,12,16H,2-3,7-8H2,1H3. The summed E-state index contributed by atoms with van der Waals surface area (Å²) in [7, 11) is 1.65. The molecule has 0 bridgehead atoms. The van der Waals surface area contributed by atoms with Crippen molar-refractivity contribution in [3.05, 3.63) is 34.1 Å². The largest absolute Gasteiger partial charge is 0.383 e. The Morgan fingerprint density at radius 1 is 1.47 bits per heavy atom. The van der Waals surface area contributed by atoms with E-state index in [-0.39, 0.29) is 11.9 Å². The molecule has 1 N–H and O–H groups in total. The third-order valence-electron chi connectivity index (χ3n) is 2.34. The van der Waals surface area contributed by atoms with E-state index in [0.717, 1.165) is 16.5 Å². The molecule has 1 atom stereocenters. The van der Waals surface area contributed by atoms with E-state index in [4.69, 9.17) is 16.3 Å². The number of halogens is 3. The van der Waals surface area contributed by atoms with Crippen LogP contribution in [-0.2, 0) is 11.3 Å². The lowest BCUT2D eigenvalue weighted by Gasteiger charge is -2.16. The van der Waals surface area contributed by atoms with Crippen molar-refractivity contribution in [2.75, 3.05) is 19.6 Å². The Hall–Kier alpha value is -0.160. The second-order valence-corrected chi connectivity index (χ2v) is 5.08. The van der Waals surface area contributed by atoms with E-state index in [1.54, 1.807) is 7.11 Å². The van der Waals surface area contributed by atoms with Crippen LogP contribution in [0.3, 0.4) is 0 Å². The Balaban J connectivity index is 2.52. The van der Waals surface area contributed by atoms with Crippen LogP contribution in [0, 0.1) is 5.82 Å². The molecule has 17 heavy (non-hydrogen) atoms. The zero-order valence-corrected chi connectivity index (χ0v) is 12.0. The quantitative estimate of drug-likeness (QED) is 0.777. The highest BCUT2D eigenvalue weighted by atomic mass is 79.9. The van der Waals surface area contributed by atoms with Crippen molar-refractivity contribution in [2.45, 2.75) is 19.0 Å². The molecule has 0 radical (unpaired) electrons. The van der Waals surface area contributed by atoms with E-state index in [2.05, 4.69) is 21.2 Å². The van der Waals surface area contributed by atoms with Gasteiger partial charge >= 0.3 is 0 Å². The molecule has 2 nitrogen and oxygen atoms in total. The first-order chi connectivity index (χ1) is 8.15. The van der Waals surface area contributed by atoms with Crippen LogP contribution >= 0.6 is 27.5 Å². The summed E-state index contributed by atoms with van der Waals surface area (Å²) in [6.07, 6.45) is 0.825. The van der Waals surface area contributed by atoms with E-state index in [9.17, 15) is 4.39 Å². The third kappa shape index (κ3) is 5.82. The van der Waals surface area contributed by atoms with Gasteiger partial charge in [-0.25, -0.2) is 4.39 Å². The van der Waals surface area contributed by atoms with Gasteiger partial charge in [0.25, 0.3) is 0 Å². The SMILES string of the molecule is COCC(CCCl)NCc1cc(F)cc(Br)c1. The minimum atomic E-state index is -0.239. The fourth-order valence-corrected chi connectivity index (χ4v) is 2.33. The number of benzene rings is 1. The van der Waals surface area contributed by atoms with Gasteiger partial charge in [0.1, 0.15) is 5.82 Å². The fourth-order valence-electron chi connectivity index (χ4n) is 1.55. The van der Waals surface area contributed by atoms with Crippen LogP contribution < -0.4 is 5.32 Å². The van der Waals surface area contributed by atoms with Crippen molar-refractivity contribution >= 4 is 27.5 Å². The maximum absolute atomic E-state index is 13.1. The van der Waals surface area contributed by atoms with Gasteiger partial charge < -0.3 is 10.1 Å². The fraction of sp³-hybridized carbons (Fsp3) is 0.500. The van der Waals surface area contributed by atoms with Gasteiger partial charge in [0, 0.05) is 30.0 Å². The maximum Gasteiger partial charge on any atom is 0.124 e. The highest BCUT2D eigenvalue weighted by Crippen LogP contribution is 2.15. The van der Waals surface area contributed by atoms with Crippen molar-refractivity contribution in [3.63, 3.8) is 0 Å². The summed E-state index contributed by atoms with van der Waals surface area (Å²) in [6.45, 7) is 1.20. The molecule has 0 spiro atoms. The number of hydrogen-bond acceptors (Lipinski definition) is 2. The summed E-state index contributed by atoms with van der Waals surface area (Å²) in [5.74, 6) is 0.338. The van der Waals surface area contributed by atoms with Crippen LogP contribution in [0.4, 0.5) is 4.39 Å². The molecule has 0 amide bonds. The predicted octanol–water partition coefficient (Wildman–Crippen LogP) is 3.32. The highest BCUT2D eigenvalue weighted by Gasteiger charge is 2.07. The molecule has 0 aromatic heterocycles. The Kier molecular flexibility index (Phi) is 7.04. The average Bonchev–Trinajstić information content (AvgIpc) is 2.25. The predicted molar refractivity (Wildman–Crippen MR) is 71.9 cm³/mol. The minimum Gasteiger partial charge on any atom is -0.383 e. The van der Waals surface area contributed by atoms with Gasteiger partial charge in [0.2, 0.25) is 0 Å². The van der Waals surface area contributed by atoms with E-state index in [1.807, 2.05) is 6.07 Å². The van der Waals surface area contributed by atoms with Crippen LogP contribution in [0.1, 0.15) is 12.0 Å². The topological polar surface area (TPSA) is 21.3 Å². The number of methoxy groups -OCH3 is 1. The number of nitrogens with one attached hydrogen (secondary N) is 1. The Morgan fingerprint density at radius 3 is 2.82 bits per heavy atom. The van der Waals surface area contributed by atoms with Gasteiger partial charge in [0.05, 0.1) is 6.61 Å². The Labute approximate surface area is 115 Å². The van der Waals surface area contributed by atoms with E-state index >= 15 is 0 Å². The van der Waals surface area contributed by atoms with Crippen LogP contribution in [0.25, 0.3) is 0 Å². The third-order valence-corrected chi connectivity index (χ3v) is 3.02. The molecular weight excluding hydrogens is 308 g/mol. The summed E-state index contributed by atoms with van der Waals surface area (Å²) in [6, 6.07) is 5.04. The summed E-state index contributed by atoms with van der Waals surface area (Å²) in [5.41, 5.74) is 0.896. The maximum atomic E-state index is 13.1. The smallest absolute Gasteiger partial charge is 0.124 e. The molecule has 0 aliphatic rings. The lowest BCUT2D eigenvalue weighted by atomic mass is 10.2. The summed E-state index contributed by atoms with van der Waals surface area (Å²) >= 11 is 8.97. The Bertz CT molecular complexity index is 325.